The summed E-state index contributed by atoms with van der Waals surface area (Å²) in [5, 5.41) is 3.06. The van der Waals surface area contributed by atoms with Crippen LogP contribution in [0.5, 0.6) is 5.75 Å². The zero-order valence-corrected chi connectivity index (χ0v) is 13.3. The highest BCUT2D eigenvalue weighted by atomic mass is 35.5. The van der Waals surface area contributed by atoms with E-state index >= 15 is 0 Å². The zero-order chi connectivity index (χ0) is 15.1. The van der Waals surface area contributed by atoms with Gasteiger partial charge in [-0.3, -0.25) is 4.79 Å². The zero-order valence-electron chi connectivity index (χ0n) is 12.5. The Hall–Kier alpha value is -2.04. The predicted molar refractivity (Wildman–Crippen MR) is 90.0 cm³/mol. The highest BCUT2D eigenvalue weighted by molar-refractivity contribution is 5.85. The second-order valence-electron chi connectivity index (χ2n) is 4.92. The number of primary amides is 1. The van der Waals surface area contributed by atoms with Crippen LogP contribution < -0.4 is 15.8 Å². The standard InChI is InChI=1S/C17H20N2O2.ClH/c1-13(17(18)20)19-11-14-7-9-16(10-8-14)21-12-15-5-3-2-4-6-15;/h2-10,13,19H,11-12H2,1H3,(H2,18,20);1H/t13-;/m1./s1. The molecule has 0 aliphatic carbocycles. The van der Waals surface area contributed by atoms with Gasteiger partial charge in [-0.1, -0.05) is 42.5 Å². The van der Waals surface area contributed by atoms with E-state index in [2.05, 4.69) is 5.32 Å². The summed E-state index contributed by atoms with van der Waals surface area (Å²) in [7, 11) is 0. The van der Waals surface area contributed by atoms with Crippen molar-refractivity contribution in [1.29, 1.82) is 0 Å². The number of benzene rings is 2. The first-order chi connectivity index (χ1) is 10.1. The van der Waals surface area contributed by atoms with E-state index in [0.717, 1.165) is 16.9 Å². The van der Waals surface area contributed by atoms with E-state index in [1.54, 1.807) is 6.92 Å². The van der Waals surface area contributed by atoms with Gasteiger partial charge in [0.15, 0.2) is 0 Å². The molecule has 0 heterocycles. The summed E-state index contributed by atoms with van der Waals surface area (Å²) in [5.74, 6) is 0.475. The van der Waals surface area contributed by atoms with Crippen LogP contribution in [0.1, 0.15) is 18.1 Å². The van der Waals surface area contributed by atoms with E-state index in [9.17, 15) is 4.79 Å². The Labute approximate surface area is 137 Å². The molecule has 22 heavy (non-hydrogen) atoms. The van der Waals surface area contributed by atoms with E-state index in [-0.39, 0.29) is 24.4 Å². The van der Waals surface area contributed by atoms with Crippen molar-refractivity contribution in [3.63, 3.8) is 0 Å². The maximum absolute atomic E-state index is 10.9. The normalized spacial score (nSPS) is 11.3. The number of hydrogen-bond acceptors (Lipinski definition) is 3. The van der Waals surface area contributed by atoms with Crippen LogP contribution in [0.15, 0.2) is 54.6 Å². The van der Waals surface area contributed by atoms with Crippen LogP contribution in [0.3, 0.4) is 0 Å². The molecule has 0 saturated heterocycles. The molecular weight excluding hydrogens is 300 g/mol. The van der Waals surface area contributed by atoms with Crippen molar-refractivity contribution >= 4 is 18.3 Å². The van der Waals surface area contributed by atoms with Crippen LogP contribution in [0.2, 0.25) is 0 Å². The van der Waals surface area contributed by atoms with Gasteiger partial charge < -0.3 is 15.8 Å². The summed E-state index contributed by atoms with van der Waals surface area (Å²) in [5.41, 5.74) is 7.41. The molecule has 1 amide bonds. The molecule has 0 radical (unpaired) electrons. The van der Waals surface area contributed by atoms with E-state index in [0.29, 0.717) is 13.2 Å². The SMILES string of the molecule is C[C@@H](NCc1ccc(OCc2ccccc2)cc1)C(N)=O.Cl. The van der Waals surface area contributed by atoms with Crippen LogP contribution in [0.25, 0.3) is 0 Å². The molecule has 0 aliphatic heterocycles. The first-order valence-electron chi connectivity index (χ1n) is 6.93. The van der Waals surface area contributed by atoms with Crippen LogP contribution >= 0.6 is 12.4 Å². The number of nitrogens with one attached hydrogen (secondary N) is 1. The monoisotopic (exact) mass is 320 g/mol. The summed E-state index contributed by atoms with van der Waals surface area (Å²) in [4.78, 5) is 10.9. The third-order valence-electron chi connectivity index (χ3n) is 3.21. The predicted octanol–water partition coefficient (Wildman–Crippen LogP) is 2.65. The second-order valence-corrected chi connectivity index (χ2v) is 4.92. The Morgan fingerprint density at radius 2 is 1.73 bits per heavy atom. The minimum Gasteiger partial charge on any atom is -0.489 e. The van der Waals surface area contributed by atoms with Gasteiger partial charge in [0.25, 0.3) is 0 Å². The van der Waals surface area contributed by atoms with Crippen molar-refractivity contribution in [2.45, 2.75) is 26.1 Å². The number of halogens is 1. The molecule has 2 aromatic carbocycles. The Kier molecular flexibility index (Phi) is 7.43. The molecule has 0 bridgehead atoms. The summed E-state index contributed by atoms with van der Waals surface area (Å²) < 4.78 is 5.72. The largest absolute Gasteiger partial charge is 0.489 e. The van der Waals surface area contributed by atoms with Crippen molar-refractivity contribution in [3.05, 3.63) is 65.7 Å². The van der Waals surface area contributed by atoms with Crippen molar-refractivity contribution < 1.29 is 9.53 Å². The molecule has 118 valence electrons. The lowest BCUT2D eigenvalue weighted by atomic mass is 10.2. The summed E-state index contributed by atoms with van der Waals surface area (Å²) in [6, 6.07) is 17.5. The number of carbonyl (C=O) groups is 1. The van der Waals surface area contributed by atoms with Crippen molar-refractivity contribution in [1.82, 2.24) is 5.32 Å². The van der Waals surface area contributed by atoms with Crippen LogP contribution in [-0.2, 0) is 17.9 Å². The molecule has 0 aromatic heterocycles. The van der Waals surface area contributed by atoms with Crippen molar-refractivity contribution in [2.24, 2.45) is 5.73 Å². The van der Waals surface area contributed by atoms with Gasteiger partial charge in [-0.2, -0.15) is 0 Å². The second kappa shape index (κ2) is 9.07. The van der Waals surface area contributed by atoms with Gasteiger partial charge in [0.2, 0.25) is 5.91 Å². The third-order valence-corrected chi connectivity index (χ3v) is 3.21. The fourth-order valence-electron chi connectivity index (χ4n) is 1.82. The number of nitrogens with two attached hydrogens (primary N) is 1. The van der Waals surface area contributed by atoms with E-state index < -0.39 is 0 Å². The Morgan fingerprint density at radius 1 is 1.09 bits per heavy atom. The number of hydrogen-bond donors (Lipinski definition) is 2. The van der Waals surface area contributed by atoms with E-state index in [4.69, 9.17) is 10.5 Å². The molecule has 4 nitrogen and oxygen atoms in total. The lowest BCUT2D eigenvalue weighted by molar-refractivity contribution is -0.119. The average molecular weight is 321 g/mol. The third kappa shape index (κ3) is 5.76. The molecule has 0 aliphatic rings. The molecular formula is C17H21ClN2O2. The minimum absolute atomic E-state index is 0. The Bertz CT molecular complexity index is 573. The van der Waals surface area contributed by atoms with E-state index in [1.165, 1.54) is 0 Å². The summed E-state index contributed by atoms with van der Waals surface area (Å²) >= 11 is 0. The fraction of sp³-hybridized carbons (Fsp3) is 0.235. The smallest absolute Gasteiger partial charge is 0.234 e. The van der Waals surface area contributed by atoms with Gasteiger partial charge in [-0.15, -0.1) is 12.4 Å². The number of carbonyl (C=O) groups excluding carboxylic acids is 1. The molecule has 0 spiro atoms. The molecule has 1 atom stereocenters. The Balaban J connectivity index is 0.00000242. The summed E-state index contributed by atoms with van der Waals surface area (Å²) in [6.45, 7) is 2.90. The topological polar surface area (TPSA) is 64.3 Å². The Morgan fingerprint density at radius 3 is 2.32 bits per heavy atom. The minimum atomic E-state index is -0.349. The van der Waals surface area contributed by atoms with Crippen LogP contribution in [0, 0.1) is 0 Å². The van der Waals surface area contributed by atoms with Crippen molar-refractivity contribution in [2.75, 3.05) is 0 Å². The van der Waals surface area contributed by atoms with Gasteiger partial charge in [0, 0.05) is 6.54 Å². The molecule has 5 heteroatoms. The molecule has 0 fully saturated rings. The van der Waals surface area contributed by atoms with Gasteiger partial charge in [0.1, 0.15) is 12.4 Å². The van der Waals surface area contributed by atoms with Crippen LogP contribution in [-0.4, -0.2) is 11.9 Å². The number of ether oxygens (including phenoxy) is 1. The number of amides is 1. The molecule has 2 aromatic rings. The molecule has 0 unspecified atom stereocenters. The lowest BCUT2D eigenvalue weighted by Crippen LogP contribution is -2.38. The highest BCUT2D eigenvalue weighted by Crippen LogP contribution is 2.14. The highest BCUT2D eigenvalue weighted by Gasteiger charge is 2.06. The summed E-state index contributed by atoms with van der Waals surface area (Å²) in [6.07, 6.45) is 0. The van der Waals surface area contributed by atoms with Crippen molar-refractivity contribution in [3.8, 4) is 5.75 Å². The van der Waals surface area contributed by atoms with E-state index in [1.807, 2.05) is 54.6 Å². The quantitative estimate of drug-likeness (QED) is 0.824. The molecule has 0 saturated carbocycles. The van der Waals surface area contributed by atoms with Gasteiger partial charge in [0.05, 0.1) is 6.04 Å². The number of rotatable bonds is 7. The molecule has 2 rings (SSSR count). The van der Waals surface area contributed by atoms with Crippen LogP contribution in [0.4, 0.5) is 0 Å². The van der Waals surface area contributed by atoms with Gasteiger partial charge in [-0.05, 0) is 30.2 Å². The van der Waals surface area contributed by atoms with Gasteiger partial charge in [-0.25, -0.2) is 0 Å². The molecule has 3 N–H and O–H groups in total. The van der Waals surface area contributed by atoms with Gasteiger partial charge >= 0.3 is 0 Å². The average Bonchev–Trinajstić information content (AvgIpc) is 2.52. The fourth-order valence-corrected chi connectivity index (χ4v) is 1.82. The maximum atomic E-state index is 10.9. The first-order valence-corrected chi connectivity index (χ1v) is 6.93. The maximum Gasteiger partial charge on any atom is 0.234 e. The first kappa shape index (κ1) is 18.0. The lowest BCUT2D eigenvalue weighted by Gasteiger charge is -2.11.